The van der Waals surface area contributed by atoms with Crippen LogP contribution in [0.2, 0.25) is 10.0 Å². The number of thiophene rings is 1. The third kappa shape index (κ3) is 5.84. The van der Waals surface area contributed by atoms with Crippen molar-refractivity contribution in [3.63, 3.8) is 0 Å². The number of piperidine rings is 1. The zero-order valence-electron chi connectivity index (χ0n) is 22.8. The summed E-state index contributed by atoms with van der Waals surface area (Å²) >= 11 is 14.4. The molecule has 12 heteroatoms. The number of benzene rings is 2. The number of hydrazine groups is 2. The minimum atomic E-state index is -0.522. The van der Waals surface area contributed by atoms with E-state index < -0.39 is 5.82 Å². The Morgan fingerprint density at radius 3 is 2.69 bits per heavy atom. The molecule has 4 heterocycles. The molecular weight excluding hydrogens is 594 g/mol. The van der Waals surface area contributed by atoms with Gasteiger partial charge in [-0.1, -0.05) is 36.2 Å². The van der Waals surface area contributed by atoms with Crippen molar-refractivity contribution in [1.82, 2.24) is 25.9 Å². The van der Waals surface area contributed by atoms with E-state index in [0.29, 0.717) is 38.9 Å². The largest absolute Gasteiger partial charge is 0.372 e. The lowest BCUT2D eigenvalue weighted by molar-refractivity contribution is 0.112. The second-order valence-electron chi connectivity index (χ2n) is 10.3. The Kier molecular flexibility index (Phi) is 8.38. The Hall–Kier alpha value is -3.59. The summed E-state index contributed by atoms with van der Waals surface area (Å²) in [7, 11) is 0. The molecule has 0 spiro atoms. The number of halogens is 3. The number of rotatable bonds is 8. The lowest BCUT2D eigenvalue weighted by atomic mass is 10.0. The second-order valence-corrected chi connectivity index (χ2v) is 12.0. The van der Waals surface area contributed by atoms with E-state index in [1.165, 1.54) is 18.3 Å². The number of fused-ring (bicyclic) bond motifs is 1. The van der Waals surface area contributed by atoms with Crippen molar-refractivity contribution in [2.75, 3.05) is 30.3 Å². The van der Waals surface area contributed by atoms with Crippen molar-refractivity contribution >= 4 is 62.5 Å². The van der Waals surface area contributed by atoms with Gasteiger partial charge < -0.3 is 21.0 Å². The van der Waals surface area contributed by atoms with E-state index in [2.05, 4.69) is 67.1 Å². The molecule has 4 N–H and O–H groups in total. The van der Waals surface area contributed by atoms with Crippen LogP contribution in [-0.2, 0) is 0 Å². The lowest BCUT2D eigenvalue weighted by Crippen LogP contribution is -2.48. The summed E-state index contributed by atoms with van der Waals surface area (Å²) in [5.74, 6) is -0.522. The van der Waals surface area contributed by atoms with Crippen LogP contribution >= 0.6 is 34.5 Å². The minimum absolute atomic E-state index is 0.0213. The summed E-state index contributed by atoms with van der Waals surface area (Å²) in [6.45, 7) is 5.46. The second kappa shape index (κ2) is 12.3. The topological polar surface area (TPSA) is 91.3 Å². The molecule has 1 atom stereocenters. The Balaban J connectivity index is 1.34. The maximum atomic E-state index is 13.8. The van der Waals surface area contributed by atoms with E-state index in [9.17, 15) is 9.65 Å². The van der Waals surface area contributed by atoms with Gasteiger partial charge in [-0.15, -0.1) is 16.9 Å². The lowest BCUT2D eigenvalue weighted by Gasteiger charge is -2.35. The highest BCUT2D eigenvalue weighted by Gasteiger charge is 2.29. The minimum Gasteiger partial charge on any atom is -0.372 e. The van der Waals surface area contributed by atoms with E-state index in [1.807, 2.05) is 18.2 Å². The molecule has 0 bridgehead atoms. The van der Waals surface area contributed by atoms with Gasteiger partial charge in [0.05, 0.1) is 32.5 Å². The smallest absolute Gasteiger partial charge is 0.141 e. The molecule has 2 aliphatic rings. The molecular formula is C30H29Cl2FN8S. The fourth-order valence-corrected chi connectivity index (χ4v) is 6.65. The van der Waals surface area contributed by atoms with Crippen molar-refractivity contribution in [2.45, 2.75) is 31.8 Å². The van der Waals surface area contributed by atoms with Crippen LogP contribution in [0.25, 0.3) is 10.9 Å². The zero-order chi connectivity index (χ0) is 29.2. The number of nitriles is 1. The van der Waals surface area contributed by atoms with Gasteiger partial charge in [-0.2, -0.15) is 5.26 Å². The van der Waals surface area contributed by atoms with Crippen LogP contribution in [-0.4, -0.2) is 40.6 Å². The quantitative estimate of drug-likeness (QED) is 0.164. The molecule has 2 aliphatic heterocycles. The Morgan fingerprint density at radius 2 is 1.98 bits per heavy atom. The van der Waals surface area contributed by atoms with Gasteiger partial charge in [-0.25, -0.2) is 4.39 Å². The summed E-state index contributed by atoms with van der Waals surface area (Å²) in [5.41, 5.74) is 10.4. The first kappa shape index (κ1) is 28.5. The van der Waals surface area contributed by atoms with Crippen LogP contribution in [0.5, 0.6) is 0 Å². The average Bonchev–Trinajstić information content (AvgIpc) is 3.72. The van der Waals surface area contributed by atoms with Crippen molar-refractivity contribution < 1.29 is 4.39 Å². The summed E-state index contributed by atoms with van der Waals surface area (Å²) in [6.07, 6.45) is 5.80. The number of nitrogens with zero attached hydrogens (tertiary/aromatic N) is 4. The maximum Gasteiger partial charge on any atom is 0.141 e. The molecule has 1 saturated heterocycles. The molecule has 216 valence electrons. The van der Waals surface area contributed by atoms with Gasteiger partial charge in [0, 0.05) is 53.2 Å². The fourth-order valence-electron chi connectivity index (χ4n) is 5.41. The van der Waals surface area contributed by atoms with E-state index in [-0.39, 0.29) is 11.1 Å². The van der Waals surface area contributed by atoms with Gasteiger partial charge in [0.15, 0.2) is 0 Å². The molecule has 0 aliphatic carbocycles. The number of hydrogen-bond acceptors (Lipinski definition) is 9. The van der Waals surface area contributed by atoms with E-state index >= 15 is 0 Å². The predicted octanol–water partition coefficient (Wildman–Crippen LogP) is 7.16. The molecule has 4 aromatic rings. The molecule has 0 unspecified atom stereocenters. The first-order chi connectivity index (χ1) is 20.4. The highest BCUT2D eigenvalue weighted by atomic mass is 35.5. The molecule has 1 fully saturated rings. The van der Waals surface area contributed by atoms with Crippen LogP contribution in [0.15, 0.2) is 65.9 Å². The SMILES string of the molecule is CCN1CCC(N2C=C([C@@H](Nc3cc(Cl)c4ncc(C#N)c(Nc5ccc(F)c(Cl)c5)c4c3)c3cccs3)NN2)CC1. The number of anilines is 3. The van der Waals surface area contributed by atoms with Crippen LogP contribution in [0, 0.1) is 17.1 Å². The molecule has 0 saturated carbocycles. The molecule has 42 heavy (non-hydrogen) atoms. The van der Waals surface area contributed by atoms with Crippen molar-refractivity contribution in [3.8, 4) is 6.07 Å². The van der Waals surface area contributed by atoms with Gasteiger partial charge in [-0.05, 0) is 61.2 Å². The summed E-state index contributed by atoms with van der Waals surface area (Å²) in [4.78, 5) is 8.06. The maximum absolute atomic E-state index is 13.8. The van der Waals surface area contributed by atoms with E-state index in [4.69, 9.17) is 23.2 Å². The Bertz CT molecular complexity index is 1660. The number of nitrogens with one attached hydrogen (secondary N) is 4. The van der Waals surface area contributed by atoms with Gasteiger partial charge in [0.25, 0.3) is 0 Å². The van der Waals surface area contributed by atoms with E-state index in [1.54, 1.807) is 17.4 Å². The van der Waals surface area contributed by atoms with Crippen LogP contribution in [0.4, 0.5) is 21.5 Å². The molecule has 2 aromatic heterocycles. The third-order valence-corrected chi connectivity index (χ3v) is 9.20. The molecule has 8 nitrogen and oxygen atoms in total. The van der Waals surface area contributed by atoms with Gasteiger partial charge >= 0.3 is 0 Å². The number of aromatic nitrogens is 1. The monoisotopic (exact) mass is 622 g/mol. The summed E-state index contributed by atoms with van der Waals surface area (Å²) in [5, 5.41) is 22.0. The number of hydrogen-bond donors (Lipinski definition) is 4. The van der Waals surface area contributed by atoms with Gasteiger partial charge in [0.1, 0.15) is 17.9 Å². The number of likely N-dealkylation sites (tertiary alicyclic amines) is 1. The molecule has 6 rings (SSSR count). The first-order valence-electron chi connectivity index (χ1n) is 13.7. The highest BCUT2D eigenvalue weighted by molar-refractivity contribution is 7.10. The number of pyridine rings is 1. The predicted molar refractivity (Wildman–Crippen MR) is 168 cm³/mol. The highest BCUT2D eigenvalue weighted by Crippen LogP contribution is 2.38. The van der Waals surface area contributed by atoms with Gasteiger partial charge in [-0.3, -0.25) is 9.99 Å². The van der Waals surface area contributed by atoms with Gasteiger partial charge in [0.2, 0.25) is 0 Å². The Labute approximate surface area is 257 Å². The standard InChI is InChI=1S/C30H29Cl2FN8S/c1-2-40-9-7-21(8-10-40)41-17-26(38-39-41)30(27-4-3-11-42-27)37-20-12-22-28(36-19-5-6-25(33)23(31)13-19)18(15-34)16-35-29(22)24(32)14-20/h3-6,11-14,16-17,21,30,37-39H,2,7-10H2,1H3,(H,35,36)/t30-/m1/s1. The summed E-state index contributed by atoms with van der Waals surface area (Å²) in [6, 6.07) is 14.6. The van der Waals surface area contributed by atoms with Crippen molar-refractivity contribution in [2.24, 2.45) is 0 Å². The van der Waals surface area contributed by atoms with Crippen LogP contribution in [0.3, 0.4) is 0 Å². The normalized spacial score (nSPS) is 16.6. The zero-order valence-corrected chi connectivity index (χ0v) is 25.1. The first-order valence-corrected chi connectivity index (χ1v) is 15.4. The molecule has 2 aromatic carbocycles. The van der Waals surface area contributed by atoms with Crippen molar-refractivity contribution in [3.05, 3.63) is 92.2 Å². The average molecular weight is 624 g/mol. The summed E-state index contributed by atoms with van der Waals surface area (Å²) < 4.78 is 13.8. The van der Waals surface area contributed by atoms with Crippen LogP contribution in [0.1, 0.15) is 36.2 Å². The van der Waals surface area contributed by atoms with Crippen LogP contribution < -0.4 is 21.6 Å². The fraction of sp³-hybridized carbons (Fsp3) is 0.267. The molecule has 0 radical (unpaired) electrons. The molecule has 0 amide bonds. The van der Waals surface area contributed by atoms with Crippen molar-refractivity contribution in [1.29, 1.82) is 5.26 Å². The van der Waals surface area contributed by atoms with E-state index in [0.717, 1.165) is 48.7 Å². The third-order valence-electron chi connectivity index (χ3n) is 7.69. The Morgan fingerprint density at radius 1 is 1.17 bits per heavy atom.